The Morgan fingerprint density at radius 3 is 2.06 bits per heavy atom. The molecule has 0 saturated carbocycles. The number of anilines is 1. The molecule has 0 heterocycles. The normalized spacial score (nSPS) is 12.1. The summed E-state index contributed by atoms with van der Waals surface area (Å²) in [6.07, 6.45) is -0.480. The lowest BCUT2D eigenvalue weighted by Gasteiger charge is -2.14. The molecule has 0 saturated heterocycles. The van der Waals surface area contributed by atoms with Crippen LogP contribution in [0.4, 0.5) is 10.5 Å². The highest BCUT2D eigenvalue weighted by atomic mass is 16.5. The van der Waals surface area contributed by atoms with E-state index in [1.165, 1.54) is 22.3 Å². The molecule has 0 fully saturated rings. The summed E-state index contributed by atoms with van der Waals surface area (Å²) in [6.45, 7) is 0.279. The highest BCUT2D eigenvalue weighted by Crippen LogP contribution is 2.44. The van der Waals surface area contributed by atoms with Gasteiger partial charge in [0.1, 0.15) is 12.4 Å². The molecule has 0 atom stereocenters. The molecule has 4 aromatic rings. The predicted molar refractivity (Wildman–Crippen MR) is 122 cm³/mol. The van der Waals surface area contributed by atoms with Crippen LogP contribution in [0.2, 0.25) is 0 Å². The average Bonchev–Trinajstić information content (AvgIpc) is 3.12. The van der Waals surface area contributed by atoms with Crippen molar-refractivity contribution in [2.45, 2.75) is 5.92 Å². The van der Waals surface area contributed by atoms with E-state index in [0.717, 1.165) is 11.1 Å². The Bertz CT molecular complexity index is 1200. The van der Waals surface area contributed by atoms with Crippen molar-refractivity contribution in [3.05, 3.63) is 108 Å². The lowest BCUT2D eigenvalue weighted by molar-refractivity contribution is 0.158. The summed E-state index contributed by atoms with van der Waals surface area (Å²) in [5.41, 5.74) is 7.30. The van der Waals surface area contributed by atoms with Gasteiger partial charge < -0.3 is 9.84 Å². The predicted octanol–water partition coefficient (Wildman–Crippen LogP) is 6.42. The highest BCUT2D eigenvalue weighted by molar-refractivity contribution is 5.85. The lowest BCUT2D eigenvalue weighted by atomic mass is 9.98. The van der Waals surface area contributed by atoms with E-state index in [1.807, 2.05) is 54.6 Å². The van der Waals surface area contributed by atoms with Gasteiger partial charge in [0.15, 0.2) is 0 Å². The number of nitrogens with one attached hydrogen (secondary N) is 1. The van der Waals surface area contributed by atoms with Crippen LogP contribution in [0.15, 0.2) is 97.1 Å². The molecule has 0 aliphatic heterocycles. The van der Waals surface area contributed by atoms with Crippen LogP contribution in [0, 0.1) is 0 Å². The zero-order valence-corrected chi connectivity index (χ0v) is 16.8. The number of hydrogen-bond acceptors (Lipinski definition) is 3. The van der Waals surface area contributed by atoms with Gasteiger partial charge in [0, 0.05) is 11.6 Å². The quantitative estimate of drug-likeness (QED) is 0.410. The maximum absolute atomic E-state index is 12.4. The van der Waals surface area contributed by atoms with Crippen molar-refractivity contribution in [3.63, 3.8) is 0 Å². The molecule has 0 spiro atoms. The van der Waals surface area contributed by atoms with Gasteiger partial charge in [0.05, 0.1) is 0 Å². The minimum Gasteiger partial charge on any atom is -0.508 e. The lowest BCUT2D eigenvalue weighted by Crippen LogP contribution is -2.17. The number of carbonyl (C=O) groups excluding carboxylic acids is 1. The summed E-state index contributed by atoms with van der Waals surface area (Å²) in [7, 11) is 0. The molecule has 4 nitrogen and oxygen atoms in total. The third kappa shape index (κ3) is 3.76. The molecule has 1 amide bonds. The van der Waals surface area contributed by atoms with Crippen molar-refractivity contribution in [2.24, 2.45) is 0 Å². The molecule has 0 unspecified atom stereocenters. The van der Waals surface area contributed by atoms with Gasteiger partial charge >= 0.3 is 6.09 Å². The highest BCUT2D eigenvalue weighted by Gasteiger charge is 2.28. The van der Waals surface area contributed by atoms with Crippen molar-refractivity contribution in [1.29, 1.82) is 0 Å². The van der Waals surface area contributed by atoms with E-state index in [-0.39, 0.29) is 18.3 Å². The van der Waals surface area contributed by atoms with E-state index < -0.39 is 6.09 Å². The zero-order valence-electron chi connectivity index (χ0n) is 16.8. The van der Waals surface area contributed by atoms with Crippen molar-refractivity contribution in [3.8, 4) is 28.0 Å². The van der Waals surface area contributed by atoms with Crippen LogP contribution in [0.25, 0.3) is 22.3 Å². The number of phenols is 1. The molecule has 0 bridgehead atoms. The molecule has 0 radical (unpaired) electrons. The second-order valence-electron chi connectivity index (χ2n) is 7.58. The second kappa shape index (κ2) is 8.00. The molecule has 31 heavy (non-hydrogen) atoms. The van der Waals surface area contributed by atoms with Crippen LogP contribution < -0.4 is 5.32 Å². The Hall–Kier alpha value is -4.05. The number of benzene rings is 4. The Balaban J connectivity index is 1.26. The molecule has 152 valence electrons. The molecule has 5 rings (SSSR count). The summed E-state index contributed by atoms with van der Waals surface area (Å²) >= 11 is 0. The summed E-state index contributed by atoms with van der Waals surface area (Å²) in [6, 6.07) is 31.0. The average molecular weight is 407 g/mol. The van der Waals surface area contributed by atoms with E-state index in [1.54, 1.807) is 18.2 Å². The minimum absolute atomic E-state index is 0.0336. The van der Waals surface area contributed by atoms with E-state index in [4.69, 9.17) is 4.74 Å². The fourth-order valence-electron chi connectivity index (χ4n) is 4.18. The van der Waals surface area contributed by atoms with Crippen molar-refractivity contribution in [2.75, 3.05) is 11.9 Å². The molecule has 1 aliphatic carbocycles. The summed E-state index contributed by atoms with van der Waals surface area (Å²) < 4.78 is 5.59. The van der Waals surface area contributed by atoms with Crippen molar-refractivity contribution >= 4 is 11.8 Å². The van der Waals surface area contributed by atoms with Gasteiger partial charge in [0.2, 0.25) is 0 Å². The number of fused-ring (bicyclic) bond motifs is 3. The topological polar surface area (TPSA) is 58.6 Å². The van der Waals surface area contributed by atoms with Gasteiger partial charge in [0.25, 0.3) is 0 Å². The van der Waals surface area contributed by atoms with Crippen molar-refractivity contribution < 1.29 is 14.6 Å². The first-order valence-corrected chi connectivity index (χ1v) is 10.2. The summed E-state index contributed by atoms with van der Waals surface area (Å²) in [4.78, 5) is 12.4. The largest absolute Gasteiger partial charge is 0.508 e. The number of hydrogen-bond donors (Lipinski definition) is 2. The van der Waals surface area contributed by atoms with Crippen LogP contribution in [-0.4, -0.2) is 17.8 Å². The first kappa shape index (κ1) is 18.9. The smallest absolute Gasteiger partial charge is 0.411 e. The maximum Gasteiger partial charge on any atom is 0.411 e. The molecular formula is C27H21NO3. The SMILES string of the molecule is O=C(Nc1ccc(-c2cccc(O)c2)cc1)OCC1c2ccccc2-c2ccccc21. The number of ether oxygens (including phenoxy) is 1. The van der Waals surface area contributed by atoms with Gasteiger partial charge in [-0.1, -0.05) is 72.8 Å². The second-order valence-corrected chi connectivity index (χ2v) is 7.58. The van der Waals surface area contributed by atoms with Gasteiger partial charge in [-0.25, -0.2) is 4.79 Å². The van der Waals surface area contributed by atoms with Crippen LogP contribution >= 0.6 is 0 Å². The molecular weight excluding hydrogens is 386 g/mol. The van der Waals surface area contributed by atoms with Crippen molar-refractivity contribution in [1.82, 2.24) is 0 Å². The fraction of sp³-hybridized carbons (Fsp3) is 0.0741. The third-order valence-corrected chi connectivity index (χ3v) is 5.65. The summed E-state index contributed by atoms with van der Waals surface area (Å²) in [5.74, 6) is 0.254. The van der Waals surface area contributed by atoms with E-state index >= 15 is 0 Å². The maximum atomic E-state index is 12.4. The zero-order chi connectivity index (χ0) is 21.2. The Kier molecular flexibility index (Phi) is 4.89. The first-order valence-electron chi connectivity index (χ1n) is 10.2. The van der Waals surface area contributed by atoms with Gasteiger partial charge in [-0.3, -0.25) is 5.32 Å². The van der Waals surface area contributed by atoms with E-state index in [9.17, 15) is 9.90 Å². The van der Waals surface area contributed by atoms with E-state index in [2.05, 4.69) is 29.6 Å². The number of amides is 1. The standard InChI is InChI=1S/C27H21NO3/c29-21-7-5-6-19(16-21)18-12-14-20(15-13-18)28-27(30)31-17-26-24-10-3-1-8-22(24)23-9-2-4-11-25(23)26/h1-16,26,29H,17H2,(H,28,30). The number of phenolic OH excluding ortho intramolecular Hbond substituents is 1. The van der Waals surface area contributed by atoms with Crippen LogP contribution in [0.5, 0.6) is 5.75 Å². The Morgan fingerprint density at radius 2 is 1.42 bits per heavy atom. The minimum atomic E-state index is -0.480. The summed E-state index contributed by atoms with van der Waals surface area (Å²) in [5, 5.41) is 12.4. The first-order chi connectivity index (χ1) is 15.2. The van der Waals surface area contributed by atoms with Crippen LogP contribution in [-0.2, 0) is 4.74 Å². The van der Waals surface area contributed by atoms with Gasteiger partial charge in [-0.15, -0.1) is 0 Å². The van der Waals surface area contributed by atoms with Crippen LogP contribution in [0.3, 0.4) is 0 Å². The molecule has 4 aromatic carbocycles. The number of aromatic hydroxyl groups is 1. The van der Waals surface area contributed by atoms with Crippen LogP contribution in [0.1, 0.15) is 17.0 Å². The molecule has 0 aromatic heterocycles. The molecule has 4 heteroatoms. The van der Waals surface area contributed by atoms with Gasteiger partial charge in [-0.2, -0.15) is 0 Å². The molecule has 2 N–H and O–H groups in total. The van der Waals surface area contributed by atoms with Gasteiger partial charge in [-0.05, 0) is 57.6 Å². The number of rotatable bonds is 4. The Labute approximate surface area is 180 Å². The fourth-order valence-corrected chi connectivity index (χ4v) is 4.18. The Morgan fingerprint density at radius 1 is 0.774 bits per heavy atom. The van der Waals surface area contributed by atoms with E-state index in [0.29, 0.717) is 5.69 Å². The molecule has 1 aliphatic rings. The monoisotopic (exact) mass is 407 g/mol. The third-order valence-electron chi connectivity index (χ3n) is 5.65. The number of carbonyl (C=O) groups is 1.